The molecule has 6 heteroatoms. The summed E-state index contributed by atoms with van der Waals surface area (Å²) in [4.78, 5) is 4.46. The number of aromatic nitrogens is 1. The van der Waals surface area contributed by atoms with E-state index in [1.165, 1.54) is 0 Å². The van der Waals surface area contributed by atoms with Crippen LogP contribution in [0.25, 0.3) is 0 Å². The van der Waals surface area contributed by atoms with Crippen LogP contribution >= 0.6 is 0 Å². The fraction of sp³-hybridized carbons (Fsp3) is 0.571. The number of pyridine rings is 1. The van der Waals surface area contributed by atoms with Gasteiger partial charge in [-0.15, -0.1) is 0 Å². The maximum atomic E-state index is 9.10. The molecule has 2 rings (SSSR count). The zero-order valence-electron chi connectivity index (χ0n) is 12.6. The second-order valence-electron chi connectivity index (χ2n) is 5.91. The van der Waals surface area contributed by atoms with E-state index >= 15 is 0 Å². The van der Waals surface area contributed by atoms with Crippen molar-refractivity contribution in [3.63, 3.8) is 0 Å². The first-order valence-electron chi connectivity index (χ1n) is 6.54. The fourth-order valence-electron chi connectivity index (χ4n) is 1.98. The summed E-state index contributed by atoms with van der Waals surface area (Å²) in [5.74, 6) is 0. The summed E-state index contributed by atoms with van der Waals surface area (Å²) >= 11 is 0. The average Bonchev–Trinajstić information content (AvgIpc) is 2.58. The van der Waals surface area contributed by atoms with Gasteiger partial charge in [-0.05, 0) is 39.8 Å². The van der Waals surface area contributed by atoms with Crippen molar-refractivity contribution in [1.29, 1.82) is 5.26 Å². The van der Waals surface area contributed by atoms with Gasteiger partial charge in [-0.2, -0.15) is 5.26 Å². The summed E-state index contributed by atoms with van der Waals surface area (Å²) < 4.78 is 17.0. The first kappa shape index (κ1) is 15.0. The molecule has 0 bridgehead atoms. The standard InChI is InChI=1S/C14H19BN2O3/c1-13(2)14(3,4)20-15(19-13)12-7-10(8-16)6-11(17-12)9-18-5/h6-7H,9H2,1-5H3. The average molecular weight is 274 g/mol. The van der Waals surface area contributed by atoms with Gasteiger partial charge in [0.15, 0.2) is 0 Å². The van der Waals surface area contributed by atoms with E-state index in [0.29, 0.717) is 23.5 Å². The minimum atomic E-state index is -0.566. The van der Waals surface area contributed by atoms with Gasteiger partial charge in [0.25, 0.3) is 0 Å². The van der Waals surface area contributed by atoms with Gasteiger partial charge < -0.3 is 14.0 Å². The molecule has 0 radical (unpaired) electrons. The van der Waals surface area contributed by atoms with E-state index in [2.05, 4.69) is 11.1 Å². The predicted molar refractivity (Wildman–Crippen MR) is 75.4 cm³/mol. The molecule has 1 aliphatic heterocycles. The molecule has 0 N–H and O–H groups in total. The summed E-state index contributed by atoms with van der Waals surface area (Å²) in [5, 5.41) is 9.10. The lowest BCUT2D eigenvalue weighted by Gasteiger charge is -2.32. The molecule has 0 amide bonds. The van der Waals surface area contributed by atoms with Crippen LogP contribution in [-0.2, 0) is 20.7 Å². The van der Waals surface area contributed by atoms with Crippen LogP contribution in [0.15, 0.2) is 12.1 Å². The van der Waals surface area contributed by atoms with Crippen LogP contribution in [-0.4, -0.2) is 30.4 Å². The molecule has 1 aliphatic rings. The highest BCUT2D eigenvalue weighted by atomic mass is 16.7. The Labute approximate surface area is 120 Å². The Bertz CT molecular complexity index is 536. The molecule has 0 aliphatic carbocycles. The third kappa shape index (κ3) is 2.71. The van der Waals surface area contributed by atoms with Crippen molar-refractivity contribution in [2.75, 3.05) is 7.11 Å². The molecule has 20 heavy (non-hydrogen) atoms. The molecule has 5 nitrogen and oxygen atoms in total. The Morgan fingerprint density at radius 2 is 1.85 bits per heavy atom. The van der Waals surface area contributed by atoms with E-state index in [1.807, 2.05) is 27.7 Å². The van der Waals surface area contributed by atoms with Crippen LogP contribution in [0.4, 0.5) is 0 Å². The summed E-state index contributed by atoms with van der Waals surface area (Å²) in [6, 6.07) is 5.53. The van der Waals surface area contributed by atoms with Gasteiger partial charge in [-0.25, -0.2) is 0 Å². The number of nitrogens with zero attached hydrogens (tertiary/aromatic N) is 2. The smallest absolute Gasteiger partial charge is 0.398 e. The zero-order valence-corrected chi connectivity index (χ0v) is 12.6. The Morgan fingerprint density at radius 3 is 2.35 bits per heavy atom. The topological polar surface area (TPSA) is 64.4 Å². The molecule has 1 aromatic rings. The molecule has 1 fully saturated rings. The predicted octanol–water partition coefficient (Wildman–Crippen LogP) is 1.40. The second kappa shape index (κ2) is 5.17. The van der Waals surface area contributed by atoms with E-state index in [1.54, 1.807) is 19.2 Å². The molecule has 0 saturated carbocycles. The Kier molecular flexibility index (Phi) is 3.87. The maximum Gasteiger partial charge on any atom is 0.514 e. The number of hydrogen-bond acceptors (Lipinski definition) is 5. The Hall–Kier alpha value is -1.42. The SMILES string of the molecule is COCc1cc(C#N)cc(B2OC(C)(C)C(C)(C)O2)n1. The van der Waals surface area contributed by atoms with Gasteiger partial charge in [0, 0.05) is 7.11 Å². The van der Waals surface area contributed by atoms with Crippen LogP contribution in [0.5, 0.6) is 0 Å². The van der Waals surface area contributed by atoms with Crippen LogP contribution in [0.1, 0.15) is 39.0 Å². The van der Waals surface area contributed by atoms with E-state index < -0.39 is 18.3 Å². The van der Waals surface area contributed by atoms with Crippen molar-refractivity contribution in [2.45, 2.75) is 45.5 Å². The molecule has 0 atom stereocenters. The van der Waals surface area contributed by atoms with Gasteiger partial charge in [0.2, 0.25) is 0 Å². The summed E-state index contributed by atoms with van der Waals surface area (Å²) in [6.07, 6.45) is 0. The first-order valence-corrected chi connectivity index (χ1v) is 6.54. The Morgan fingerprint density at radius 1 is 1.25 bits per heavy atom. The third-order valence-electron chi connectivity index (χ3n) is 3.81. The lowest BCUT2D eigenvalue weighted by atomic mass is 9.83. The van der Waals surface area contributed by atoms with Crippen molar-refractivity contribution in [1.82, 2.24) is 4.98 Å². The molecular formula is C14H19BN2O3. The molecular weight excluding hydrogens is 255 g/mol. The van der Waals surface area contributed by atoms with Crippen LogP contribution in [0, 0.1) is 11.3 Å². The minimum absolute atomic E-state index is 0.349. The highest BCUT2D eigenvalue weighted by Gasteiger charge is 2.52. The number of ether oxygens (including phenoxy) is 1. The molecule has 2 heterocycles. The van der Waals surface area contributed by atoms with Crippen LogP contribution in [0.3, 0.4) is 0 Å². The fourth-order valence-corrected chi connectivity index (χ4v) is 1.98. The molecule has 0 aromatic carbocycles. The number of nitriles is 1. The van der Waals surface area contributed by atoms with Crippen molar-refractivity contribution >= 4 is 12.7 Å². The lowest BCUT2D eigenvalue weighted by molar-refractivity contribution is 0.00578. The van der Waals surface area contributed by atoms with Crippen LogP contribution < -0.4 is 5.59 Å². The lowest BCUT2D eigenvalue weighted by Crippen LogP contribution is -2.41. The van der Waals surface area contributed by atoms with Crippen molar-refractivity contribution < 1.29 is 14.0 Å². The van der Waals surface area contributed by atoms with Gasteiger partial charge in [-0.3, -0.25) is 4.98 Å². The highest BCUT2D eigenvalue weighted by Crippen LogP contribution is 2.36. The van der Waals surface area contributed by atoms with E-state index in [0.717, 1.165) is 0 Å². The second-order valence-corrected chi connectivity index (χ2v) is 5.91. The monoisotopic (exact) mass is 274 g/mol. The first-order chi connectivity index (χ1) is 9.29. The number of hydrogen-bond donors (Lipinski definition) is 0. The molecule has 106 valence electrons. The maximum absolute atomic E-state index is 9.10. The third-order valence-corrected chi connectivity index (χ3v) is 3.81. The van der Waals surface area contributed by atoms with E-state index in [4.69, 9.17) is 19.3 Å². The summed E-state index contributed by atoms with van der Waals surface area (Å²) in [6.45, 7) is 8.28. The summed E-state index contributed by atoms with van der Waals surface area (Å²) in [7, 11) is 1.03. The highest BCUT2D eigenvalue weighted by molar-refractivity contribution is 6.61. The van der Waals surface area contributed by atoms with Crippen LogP contribution in [0.2, 0.25) is 0 Å². The van der Waals surface area contributed by atoms with Gasteiger partial charge in [0.05, 0.1) is 40.7 Å². The van der Waals surface area contributed by atoms with Crippen molar-refractivity contribution in [3.8, 4) is 6.07 Å². The van der Waals surface area contributed by atoms with Gasteiger partial charge in [-0.1, -0.05) is 0 Å². The Balaban J connectivity index is 2.35. The van der Waals surface area contributed by atoms with E-state index in [9.17, 15) is 0 Å². The summed E-state index contributed by atoms with van der Waals surface area (Å²) in [5.41, 5.74) is 0.968. The molecule has 0 unspecified atom stereocenters. The number of methoxy groups -OCH3 is 1. The van der Waals surface area contributed by atoms with Crippen molar-refractivity contribution in [2.24, 2.45) is 0 Å². The zero-order chi connectivity index (χ0) is 15.0. The van der Waals surface area contributed by atoms with Gasteiger partial charge in [0.1, 0.15) is 0 Å². The minimum Gasteiger partial charge on any atom is -0.398 e. The largest absolute Gasteiger partial charge is 0.514 e. The van der Waals surface area contributed by atoms with Gasteiger partial charge >= 0.3 is 7.12 Å². The molecule has 0 spiro atoms. The number of rotatable bonds is 3. The molecule has 1 saturated heterocycles. The van der Waals surface area contributed by atoms with Crippen molar-refractivity contribution in [3.05, 3.63) is 23.4 Å². The normalized spacial score (nSPS) is 19.9. The van der Waals surface area contributed by atoms with E-state index in [-0.39, 0.29) is 0 Å². The molecule has 1 aromatic heterocycles. The quantitative estimate of drug-likeness (QED) is 0.779.